The predicted molar refractivity (Wildman–Crippen MR) is 261 cm³/mol. The first-order chi connectivity index (χ1) is 33.0. The van der Waals surface area contributed by atoms with Crippen molar-refractivity contribution in [3.05, 3.63) is 85.1 Å². The Bertz CT molecular complexity index is 1510. The normalized spacial score (nSPS) is 26.5. The fraction of sp³-hybridized carbons (Fsp3) is 0.698. The molecule has 2 rings (SSSR count). The molecular weight excluding hydrogens is 877 g/mol. The number of rotatable bonds is 37. The second-order valence-corrected chi connectivity index (χ2v) is 17.3. The molecule has 2 aliphatic heterocycles. The van der Waals surface area contributed by atoms with Crippen molar-refractivity contribution in [1.82, 2.24) is 0 Å². The molecule has 15 heteroatoms. The number of hydrogen-bond donors (Lipinski definition) is 7. The summed E-state index contributed by atoms with van der Waals surface area (Å²) in [6.45, 7) is 2.35. The summed E-state index contributed by atoms with van der Waals surface area (Å²) in [6, 6.07) is 0. The summed E-state index contributed by atoms with van der Waals surface area (Å²) < 4.78 is 33.4. The Morgan fingerprint density at radius 2 is 0.941 bits per heavy atom. The number of carbonyl (C=O) groups is 2. The molecule has 11 atom stereocenters. The van der Waals surface area contributed by atoms with E-state index >= 15 is 0 Å². The average molecular weight is 963 g/mol. The molecule has 4 unspecified atom stereocenters. The minimum atomic E-state index is -1.78. The Morgan fingerprint density at radius 1 is 0.485 bits per heavy atom. The van der Waals surface area contributed by atoms with Gasteiger partial charge in [0.25, 0.3) is 0 Å². The van der Waals surface area contributed by atoms with E-state index in [2.05, 4.69) is 86.8 Å². The Balaban J connectivity index is 1.87. The number of ether oxygens (including phenoxy) is 6. The number of unbranched alkanes of at least 4 members (excludes halogenated alkanes) is 9. The maximum Gasteiger partial charge on any atom is 0.306 e. The molecule has 7 N–H and O–H groups in total. The van der Waals surface area contributed by atoms with Crippen molar-refractivity contribution in [2.24, 2.45) is 0 Å². The van der Waals surface area contributed by atoms with Crippen LogP contribution in [0.15, 0.2) is 85.1 Å². The molecule has 2 fully saturated rings. The fourth-order valence-electron chi connectivity index (χ4n) is 7.22. The van der Waals surface area contributed by atoms with Gasteiger partial charge in [-0.1, -0.05) is 131 Å². The molecule has 2 saturated heterocycles. The van der Waals surface area contributed by atoms with Crippen LogP contribution >= 0.6 is 0 Å². The van der Waals surface area contributed by atoms with Crippen LogP contribution < -0.4 is 0 Å². The molecule has 0 aromatic carbocycles. The van der Waals surface area contributed by atoms with Crippen molar-refractivity contribution in [3.63, 3.8) is 0 Å². The van der Waals surface area contributed by atoms with Crippen molar-refractivity contribution in [1.29, 1.82) is 0 Å². The molecule has 0 radical (unpaired) electrons. The van der Waals surface area contributed by atoms with Crippen LogP contribution in [0.4, 0.5) is 0 Å². The van der Waals surface area contributed by atoms with Crippen molar-refractivity contribution >= 4 is 11.9 Å². The van der Waals surface area contributed by atoms with E-state index in [1.165, 1.54) is 38.5 Å². The van der Waals surface area contributed by atoms with E-state index in [4.69, 9.17) is 28.4 Å². The van der Waals surface area contributed by atoms with E-state index in [1.807, 2.05) is 12.2 Å². The lowest BCUT2D eigenvalue weighted by Gasteiger charge is -2.42. The number of aliphatic hydroxyl groups excluding tert-OH is 7. The Hall–Kier alpha value is -3.32. The standard InChI is InChI=1S/C53H86O15/c1-3-5-7-9-11-13-15-17-19-20-22-23-25-27-29-31-33-35-44(55)63-38-41(66-45(56)36-34-32-30-28-26-24-21-18-16-14-12-10-8-6-4-2)39-64-52-51(62)49(60)47(58)43(68-52)40-65-53-50(61)48(59)46(57)42(37-54)67-53/h5,7,11,13,17-19,21-23,26-29,41-43,46-54,57-62H,3-4,6,8-10,12,14-16,20,24-25,30-40H2,1-2H3/b7-5+,13-11+,19-17+,21-18+,23-22+,28-26+,29-27+/t41-,42+,43+,46-,47-,48?,49?,50?,51?,52+,53+/m0/s1. The van der Waals surface area contributed by atoms with E-state index < -0.39 is 99.3 Å². The van der Waals surface area contributed by atoms with Gasteiger partial charge >= 0.3 is 11.9 Å². The van der Waals surface area contributed by atoms with Crippen LogP contribution in [0.2, 0.25) is 0 Å². The molecule has 388 valence electrons. The minimum Gasteiger partial charge on any atom is -0.462 e. The summed E-state index contributed by atoms with van der Waals surface area (Å²) in [5.74, 6) is -1.04. The van der Waals surface area contributed by atoms with E-state index in [0.29, 0.717) is 19.3 Å². The van der Waals surface area contributed by atoms with Gasteiger partial charge in [0.2, 0.25) is 0 Å². The topological polar surface area (TPSA) is 231 Å². The van der Waals surface area contributed by atoms with Gasteiger partial charge in [-0.3, -0.25) is 9.59 Å². The van der Waals surface area contributed by atoms with Gasteiger partial charge in [0.15, 0.2) is 18.7 Å². The van der Waals surface area contributed by atoms with Crippen LogP contribution in [0.5, 0.6) is 0 Å². The lowest BCUT2D eigenvalue weighted by atomic mass is 9.98. The smallest absolute Gasteiger partial charge is 0.306 e. The summed E-state index contributed by atoms with van der Waals surface area (Å²) in [5.41, 5.74) is 0. The van der Waals surface area contributed by atoms with Gasteiger partial charge in [0, 0.05) is 12.8 Å². The lowest BCUT2D eigenvalue weighted by molar-refractivity contribution is -0.332. The molecule has 0 spiro atoms. The fourth-order valence-corrected chi connectivity index (χ4v) is 7.22. The molecule has 0 bridgehead atoms. The van der Waals surface area contributed by atoms with Crippen molar-refractivity contribution in [3.8, 4) is 0 Å². The molecular formula is C53H86O15. The zero-order valence-electron chi connectivity index (χ0n) is 40.8. The van der Waals surface area contributed by atoms with E-state index in [0.717, 1.165) is 57.8 Å². The second kappa shape index (κ2) is 39.4. The van der Waals surface area contributed by atoms with Crippen molar-refractivity contribution in [2.75, 3.05) is 26.4 Å². The second-order valence-electron chi connectivity index (χ2n) is 17.3. The Morgan fingerprint density at radius 3 is 1.50 bits per heavy atom. The SMILES string of the molecule is CC/C=C/C/C=C/C/C=C/C/C=C/C/C=C/CCCC(=O)OC[C@@H](CO[C@@H]1O[C@H](CO[C@@H]2O[C@H](CO)[C@H](O)C(O)C2O)[C@H](O)C(O)C1O)OC(=O)CCCC/C=C/C/C=C/CCCCCCCC. The van der Waals surface area contributed by atoms with Crippen molar-refractivity contribution in [2.45, 2.75) is 210 Å². The zero-order valence-corrected chi connectivity index (χ0v) is 40.8. The van der Waals surface area contributed by atoms with Gasteiger partial charge in [0.05, 0.1) is 19.8 Å². The lowest BCUT2D eigenvalue weighted by Crippen LogP contribution is -2.61. The molecule has 2 heterocycles. The summed E-state index contributed by atoms with van der Waals surface area (Å²) >= 11 is 0. The highest BCUT2D eigenvalue weighted by molar-refractivity contribution is 5.70. The third-order valence-electron chi connectivity index (χ3n) is 11.4. The molecule has 15 nitrogen and oxygen atoms in total. The van der Waals surface area contributed by atoms with E-state index in [9.17, 15) is 45.3 Å². The van der Waals surface area contributed by atoms with Gasteiger partial charge in [0.1, 0.15) is 55.4 Å². The summed E-state index contributed by atoms with van der Waals surface area (Å²) in [6.07, 6.45) is 30.5. The highest BCUT2D eigenvalue weighted by atomic mass is 16.7. The first-order valence-corrected chi connectivity index (χ1v) is 25.2. The summed E-state index contributed by atoms with van der Waals surface area (Å²) in [5, 5.41) is 72.0. The van der Waals surface area contributed by atoms with Gasteiger partial charge in [-0.15, -0.1) is 0 Å². The summed E-state index contributed by atoms with van der Waals surface area (Å²) in [7, 11) is 0. The number of hydrogen-bond acceptors (Lipinski definition) is 15. The third kappa shape index (κ3) is 27.2. The van der Waals surface area contributed by atoms with Crippen LogP contribution in [0.25, 0.3) is 0 Å². The Labute approximate surface area is 405 Å². The van der Waals surface area contributed by atoms with Gasteiger partial charge in [-0.25, -0.2) is 0 Å². The molecule has 0 amide bonds. The molecule has 2 aliphatic rings. The first-order valence-electron chi connectivity index (χ1n) is 25.2. The average Bonchev–Trinajstić information content (AvgIpc) is 3.33. The third-order valence-corrected chi connectivity index (χ3v) is 11.4. The predicted octanol–water partition coefficient (Wildman–Crippen LogP) is 6.82. The number of esters is 2. The zero-order chi connectivity index (χ0) is 49.6. The van der Waals surface area contributed by atoms with Crippen LogP contribution in [0.3, 0.4) is 0 Å². The maximum atomic E-state index is 13.0. The number of carbonyl (C=O) groups excluding carboxylic acids is 2. The molecule has 0 aliphatic carbocycles. The molecule has 68 heavy (non-hydrogen) atoms. The molecule has 0 aromatic rings. The largest absolute Gasteiger partial charge is 0.462 e. The number of aliphatic hydroxyl groups is 7. The van der Waals surface area contributed by atoms with Crippen LogP contribution in [0, 0.1) is 0 Å². The molecule has 0 saturated carbocycles. The van der Waals surface area contributed by atoms with Crippen LogP contribution in [-0.2, 0) is 38.0 Å². The maximum absolute atomic E-state index is 13.0. The first kappa shape index (κ1) is 60.8. The highest BCUT2D eigenvalue weighted by Gasteiger charge is 2.47. The summed E-state index contributed by atoms with van der Waals surface area (Å²) in [4.78, 5) is 25.7. The highest BCUT2D eigenvalue weighted by Crippen LogP contribution is 2.26. The number of allylic oxidation sites excluding steroid dienone is 14. The quantitative estimate of drug-likeness (QED) is 0.0193. The van der Waals surface area contributed by atoms with Gasteiger partial charge in [-0.05, 0) is 83.5 Å². The Kier molecular flexibility index (Phi) is 35.2. The van der Waals surface area contributed by atoms with Crippen LogP contribution in [-0.4, -0.2) is 142 Å². The monoisotopic (exact) mass is 963 g/mol. The van der Waals surface area contributed by atoms with E-state index in [-0.39, 0.29) is 19.4 Å². The van der Waals surface area contributed by atoms with Gasteiger partial charge in [-0.2, -0.15) is 0 Å². The van der Waals surface area contributed by atoms with Crippen molar-refractivity contribution < 1.29 is 73.8 Å². The van der Waals surface area contributed by atoms with Crippen LogP contribution in [0.1, 0.15) is 142 Å². The van der Waals surface area contributed by atoms with Gasteiger partial charge < -0.3 is 64.2 Å². The van der Waals surface area contributed by atoms with E-state index in [1.54, 1.807) is 0 Å². The molecule has 0 aromatic heterocycles. The minimum absolute atomic E-state index is 0.106.